The molecule has 0 radical (unpaired) electrons. The molecule has 20 heavy (non-hydrogen) atoms. The first-order chi connectivity index (χ1) is 9.88. The van der Waals surface area contributed by atoms with E-state index in [2.05, 4.69) is 17.4 Å². The minimum absolute atomic E-state index is 0.650. The number of hydrogen-bond donors (Lipinski definition) is 1. The van der Waals surface area contributed by atoms with Crippen molar-refractivity contribution in [3.8, 4) is 5.75 Å². The summed E-state index contributed by atoms with van der Waals surface area (Å²) in [5, 5.41) is 3.51. The minimum atomic E-state index is 0.650. The third-order valence-electron chi connectivity index (χ3n) is 3.20. The molecule has 4 nitrogen and oxygen atoms in total. The summed E-state index contributed by atoms with van der Waals surface area (Å²) < 4.78 is 16.0. The number of ether oxygens (including phenoxy) is 3. The number of nitrogens with one attached hydrogen (secondary N) is 1. The Morgan fingerprint density at radius 1 is 1.15 bits per heavy atom. The SMILES string of the molecule is COCCOCCCOc1cccc(CNC2CC2)c1. The molecule has 1 saturated carbocycles. The molecule has 1 N–H and O–H groups in total. The van der Waals surface area contributed by atoms with Gasteiger partial charge in [0.25, 0.3) is 0 Å². The van der Waals surface area contributed by atoms with E-state index in [9.17, 15) is 0 Å². The smallest absolute Gasteiger partial charge is 0.119 e. The number of methoxy groups -OCH3 is 1. The highest BCUT2D eigenvalue weighted by Gasteiger charge is 2.19. The summed E-state index contributed by atoms with van der Waals surface area (Å²) in [6.45, 7) is 3.64. The average molecular weight is 279 g/mol. The maximum absolute atomic E-state index is 5.74. The largest absolute Gasteiger partial charge is 0.493 e. The first-order valence-electron chi connectivity index (χ1n) is 7.40. The molecule has 0 amide bonds. The molecule has 0 saturated heterocycles. The van der Waals surface area contributed by atoms with Crippen molar-refractivity contribution < 1.29 is 14.2 Å². The third kappa shape index (κ3) is 6.37. The second kappa shape index (κ2) is 8.95. The molecule has 1 aromatic rings. The lowest BCUT2D eigenvalue weighted by Gasteiger charge is -2.09. The van der Waals surface area contributed by atoms with Crippen molar-refractivity contribution in [3.05, 3.63) is 29.8 Å². The molecule has 112 valence electrons. The van der Waals surface area contributed by atoms with Gasteiger partial charge in [-0.05, 0) is 30.5 Å². The number of benzene rings is 1. The minimum Gasteiger partial charge on any atom is -0.493 e. The molecule has 1 aliphatic rings. The van der Waals surface area contributed by atoms with Gasteiger partial charge in [0.1, 0.15) is 5.75 Å². The van der Waals surface area contributed by atoms with Crippen LogP contribution in [0.15, 0.2) is 24.3 Å². The number of hydrogen-bond acceptors (Lipinski definition) is 4. The molecule has 2 rings (SSSR count). The van der Waals surface area contributed by atoms with E-state index in [0.717, 1.165) is 24.8 Å². The second-order valence-electron chi connectivity index (χ2n) is 5.11. The van der Waals surface area contributed by atoms with Crippen LogP contribution in [0.5, 0.6) is 5.75 Å². The molecule has 1 aliphatic carbocycles. The molecule has 0 atom stereocenters. The van der Waals surface area contributed by atoms with Gasteiger partial charge in [-0.3, -0.25) is 0 Å². The Morgan fingerprint density at radius 3 is 2.85 bits per heavy atom. The van der Waals surface area contributed by atoms with Crippen molar-refractivity contribution in [2.24, 2.45) is 0 Å². The molecule has 0 bridgehead atoms. The Hall–Kier alpha value is -1.10. The van der Waals surface area contributed by atoms with Crippen LogP contribution in [0.4, 0.5) is 0 Å². The molecule has 0 aliphatic heterocycles. The quantitative estimate of drug-likeness (QED) is 0.631. The van der Waals surface area contributed by atoms with Crippen molar-refractivity contribution in [2.45, 2.75) is 31.8 Å². The van der Waals surface area contributed by atoms with Crippen LogP contribution < -0.4 is 10.1 Å². The third-order valence-corrected chi connectivity index (χ3v) is 3.20. The van der Waals surface area contributed by atoms with Crippen molar-refractivity contribution in [2.75, 3.05) is 33.5 Å². The Morgan fingerprint density at radius 2 is 2.05 bits per heavy atom. The molecular formula is C16H25NO3. The summed E-state index contributed by atoms with van der Waals surface area (Å²) in [7, 11) is 1.68. The predicted octanol–water partition coefficient (Wildman–Crippen LogP) is 2.37. The van der Waals surface area contributed by atoms with E-state index < -0.39 is 0 Å². The van der Waals surface area contributed by atoms with E-state index in [1.54, 1.807) is 7.11 Å². The maximum atomic E-state index is 5.74. The van der Waals surface area contributed by atoms with E-state index in [-0.39, 0.29) is 0 Å². The molecule has 1 fully saturated rings. The van der Waals surface area contributed by atoms with Gasteiger partial charge in [0, 0.05) is 32.7 Å². The van der Waals surface area contributed by atoms with Gasteiger partial charge in [0.15, 0.2) is 0 Å². The fourth-order valence-corrected chi connectivity index (χ4v) is 1.89. The molecular weight excluding hydrogens is 254 g/mol. The molecule has 4 heteroatoms. The monoisotopic (exact) mass is 279 g/mol. The van der Waals surface area contributed by atoms with Gasteiger partial charge in [-0.15, -0.1) is 0 Å². The van der Waals surface area contributed by atoms with Gasteiger partial charge in [0.05, 0.1) is 19.8 Å². The Kier molecular flexibility index (Phi) is 6.84. The van der Waals surface area contributed by atoms with Gasteiger partial charge in [-0.25, -0.2) is 0 Å². The first-order valence-corrected chi connectivity index (χ1v) is 7.40. The van der Waals surface area contributed by atoms with Crippen molar-refractivity contribution in [1.82, 2.24) is 5.32 Å². The van der Waals surface area contributed by atoms with Crippen LogP contribution in [-0.4, -0.2) is 39.6 Å². The maximum Gasteiger partial charge on any atom is 0.119 e. The van der Waals surface area contributed by atoms with Crippen LogP contribution in [0.2, 0.25) is 0 Å². The normalized spacial score (nSPS) is 14.4. The van der Waals surface area contributed by atoms with Crippen LogP contribution in [-0.2, 0) is 16.0 Å². The number of rotatable bonds is 11. The van der Waals surface area contributed by atoms with Crippen molar-refractivity contribution >= 4 is 0 Å². The van der Waals surface area contributed by atoms with Crippen molar-refractivity contribution in [3.63, 3.8) is 0 Å². The molecule has 0 unspecified atom stereocenters. The lowest BCUT2D eigenvalue weighted by Crippen LogP contribution is -2.15. The van der Waals surface area contributed by atoms with Crippen LogP contribution in [0, 0.1) is 0 Å². The van der Waals surface area contributed by atoms with Gasteiger partial charge < -0.3 is 19.5 Å². The summed E-state index contributed by atoms with van der Waals surface area (Å²) in [5.41, 5.74) is 1.28. The predicted molar refractivity (Wildman–Crippen MR) is 79.1 cm³/mol. The highest BCUT2D eigenvalue weighted by Crippen LogP contribution is 2.20. The van der Waals surface area contributed by atoms with Crippen LogP contribution in [0.25, 0.3) is 0 Å². The second-order valence-corrected chi connectivity index (χ2v) is 5.11. The Bertz CT molecular complexity index is 380. The first kappa shape index (κ1) is 15.3. The zero-order valence-corrected chi connectivity index (χ0v) is 12.3. The van der Waals surface area contributed by atoms with Crippen LogP contribution >= 0.6 is 0 Å². The van der Waals surface area contributed by atoms with Gasteiger partial charge in [-0.2, -0.15) is 0 Å². The average Bonchev–Trinajstić information content (AvgIpc) is 3.29. The summed E-state index contributed by atoms with van der Waals surface area (Å²) in [4.78, 5) is 0. The van der Waals surface area contributed by atoms with Gasteiger partial charge in [0.2, 0.25) is 0 Å². The van der Waals surface area contributed by atoms with E-state index in [1.165, 1.54) is 18.4 Å². The van der Waals surface area contributed by atoms with E-state index in [4.69, 9.17) is 14.2 Å². The zero-order valence-electron chi connectivity index (χ0n) is 12.3. The summed E-state index contributed by atoms with van der Waals surface area (Å²) in [5.74, 6) is 0.942. The standard InChI is InChI=1S/C16H25NO3/c1-18-10-11-19-8-3-9-20-16-5-2-4-14(12-16)13-17-15-6-7-15/h2,4-5,12,15,17H,3,6-11,13H2,1H3. The lowest BCUT2D eigenvalue weighted by molar-refractivity contribution is 0.0644. The topological polar surface area (TPSA) is 39.7 Å². The van der Waals surface area contributed by atoms with Crippen LogP contribution in [0.1, 0.15) is 24.8 Å². The van der Waals surface area contributed by atoms with E-state index >= 15 is 0 Å². The molecule has 0 heterocycles. The van der Waals surface area contributed by atoms with Gasteiger partial charge >= 0.3 is 0 Å². The van der Waals surface area contributed by atoms with E-state index in [0.29, 0.717) is 26.4 Å². The van der Waals surface area contributed by atoms with Crippen molar-refractivity contribution in [1.29, 1.82) is 0 Å². The summed E-state index contributed by atoms with van der Waals surface area (Å²) in [6, 6.07) is 9.04. The summed E-state index contributed by atoms with van der Waals surface area (Å²) in [6.07, 6.45) is 3.53. The Balaban J connectivity index is 1.58. The van der Waals surface area contributed by atoms with Gasteiger partial charge in [-0.1, -0.05) is 12.1 Å². The van der Waals surface area contributed by atoms with Crippen LogP contribution in [0.3, 0.4) is 0 Å². The molecule has 0 spiro atoms. The lowest BCUT2D eigenvalue weighted by atomic mass is 10.2. The Labute approximate surface area is 121 Å². The molecule has 0 aromatic heterocycles. The summed E-state index contributed by atoms with van der Waals surface area (Å²) >= 11 is 0. The highest BCUT2D eigenvalue weighted by atomic mass is 16.5. The molecule has 1 aromatic carbocycles. The fraction of sp³-hybridized carbons (Fsp3) is 0.625. The zero-order chi connectivity index (χ0) is 14.0. The highest BCUT2D eigenvalue weighted by molar-refractivity contribution is 5.28. The van der Waals surface area contributed by atoms with E-state index in [1.807, 2.05) is 12.1 Å². The fourth-order valence-electron chi connectivity index (χ4n) is 1.89.